The van der Waals surface area contributed by atoms with Crippen LogP contribution in [0.4, 0.5) is 0 Å². The Kier molecular flexibility index (Phi) is 8.69. The first-order chi connectivity index (χ1) is 13.9. The minimum atomic E-state index is -0.976. The summed E-state index contributed by atoms with van der Waals surface area (Å²) in [5.74, 6) is -0.135. The van der Waals surface area contributed by atoms with Crippen LogP contribution in [-0.4, -0.2) is 34.8 Å². The SMILES string of the molecule is CC(=O)Oc1ccccc1CN[C@@H](CSCc1ccccc1OC(C)=O)C(=O)O. The first-order valence-electron chi connectivity index (χ1n) is 8.93. The lowest BCUT2D eigenvalue weighted by Crippen LogP contribution is -2.38. The quantitative estimate of drug-likeness (QED) is 0.449. The third-order valence-electron chi connectivity index (χ3n) is 3.83. The molecule has 2 aromatic carbocycles. The Balaban J connectivity index is 1.94. The largest absolute Gasteiger partial charge is 0.480 e. The van der Waals surface area contributed by atoms with Crippen LogP contribution in [0.5, 0.6) is 11.5 Å². The van der Waals surface area contributed by atoms with Gasteiger partial charge in [-0.1, -0.05) is 36.4 Å². The number of carbonyl (C=O) groups is 3. The van der Waals surface area contributed by atoms with Gasteiger partial charge in [0.15, 0.2) is 0 Å². The van der Waals surface area contributed by atoms with E-state index in [0.717, 1.165) is 5.56 Å². The molecule has 0 saturated heterocycles. The molecule has 0 radical (unpaired) electrons. The zero-order chi connectivity index (χ0) is 21.2. The number of thioether (sulfide) groups is 1. The molecule has 0 aromatic heterocycles. The summed E-state index contributed by atoms with van der Waals surface area (Å²) < 4.78 is 10.3. The zero-order valence-electron chi connectivity index (χ0n) is 16.2. The van der Waals surface area contributed by atoms with Crippen molar-refractivity contribution in [3.05, 3.63) is 59.7 Å². The molecule has 0 spiro atoms. The van der Waals surface area contributed by atoms with Crippen molar-refractivity contribution in [2.24, 2.45) is 0 Å². The number of rotatable bonds is 10. The van der Waals surface area contributed by atoms with Gasteiger partial charge in [-0.05, 0) is 12.1 Å². The van der Waals surface area contributed by atoms with Gasteiger partial charge in [0.25, 0.3) is 0 Å². The van der Waals surface area contributed by atoms with Crippen LogP contribution in [0.2, 0.25) is 0 Å². The van der Waals surface area contributed by atoms with E-state index in [2.05, 4.69) is 5.32 Å². The fraction of sp³-hybridized carbons (Fsp3) is 0.286. The molecule has 2 N–H and O–H groups in total. The summed E-state index contributed by atoms with van der Waals surface area (Å²) in [6.07, 6.45) is 0. The molecular formula is C21H23NO6S. The third kappa shape index (κ3) is 7.59. The fourth-order valence-corrected chi connectivity index (χ4v) is 3.59. The van der Waals surface area contributed by atoms with E-state index in [0.29, 0.717) is 28.6 Å². The summed E-state index contributed by atoms with van der Waals surface area (Å²) in [7, 11) is 0. The Morgan fingerprint density at radius 1 is 0.931 bits per heavy atom. The van der Waals surface area contributed by atoms with E-state index in [1.165, 1.54) is 25.6 Å². The molecule has 0 aliphatic rings. The van der Waals surface area contributed by atoms with Crippen molar-refractivity contribution in [1.82, 2.24) is 5.32 Å². The fourth-order valence-electron chi connectivity index (χ4n) is 2.52. The zero-order valence-corrected chi connectivity index (χ0v) is 17.0. The van der Waals surface area contributed by atoms with Gasteiger partial charge >= 0.3 is 17.9 Å². The molecule has 29 heavy (non-hydrogen) atoms. The molecule has 154 valence electrons. The molecule has 0 heterocycles. The monoisotopic (exact) mass is 417 g/mol. The number of nitrogens with one attached hydrogen (secondary N) is 1. The smallest absolute Gasteiger partial charge is 0.321 e. The Morgan fingerprint density at radius 2 is 1.45 bits per heavy atom. The lowest BCUT2D eigenvalue weighted by atomic mass is 10.2. The molecule has 1 atom stereocenters. The Morgan fingerprint density at radius 3 is 2.00 bits per heavy atom. The number of esters is 2. The van der Waals surface area contributed by atoms with Crippen molar-refractivity contribution in [2.75, 3.05) is 5.75 Å². The Bertz CT molecular complexity index is 870. The van der Waals surface area contributed by atoms with Crippen LogP contribution in [-0.2, 0) is 26.7 Å². The number of carboxylic acids is 1. The second kappa shape index (κ2) is 11.2. The number of carboxylic acid groups (broad SMARTS) is 1. The van der Waals surface area contributed by atoms with Gasteiger partial charge in [0.1, 0.15) is 17.5 Å². The van der Waals surface area contributed by atoms with Crippen molar-refractivity contribution in [2.45, 2.75) is 32.2 Å². The van der Waals surface area contributed by atoms with Crippen LogP contribution in [0.1, 0.15) is 25.0 Å². The minimum Gasteiger partial charge on any atom is -0.480 e. The molecule has 0 amide bonds. The van der Waals surface area contributed by atoms with Gasteiger partial charge in [-0.3, -0.25) is 19.7 Å². The maximum atomic E-state index is 11.6. The summed E-state index contributed by atoms with van der Waals surface area (Å²) >= 11 is 1.41. The average Bonchev–Trinajstić information content (AvgIpc) is 2.65. The highest BCUT2D eigenvalue weighted by Crippen LogP contribution is 2.24. The van der Waals surface area contributed by atoms with Crippen molar-refractivity contribution in [3.63, 3.8) is 0 Å². The van der Waals surface area contributed by atoms with Crippen molar-refractivity contribution in [1.29, 1.82) is 0 Å². The molecule has 8 heteroatoms. The topological polar surface area (TPSA) is 102 Å². The van der Waals surface area contributed by atoms with Crippen molar-refractivity contribution in [3.8, 4) is 11.5 Å². The first-order valence-corrected chi connectivity index (χ1v) is 10.1. The number of benzene rings is 2. The molecule has 0 bridgehead atoms. The van der Waals surface area contributed by atoms with Crippen LogP contribution in [0.3, 0.4) is 0 Å². The van der Waals surface area contributed by atoms with Gasteiger partial charge < -0.3 is 14.6 Å². The maximum Gasteiger partial charge on any atom is 0.321 e. The van der Waals surface area contributed by atoms with Crippen molar-refractivity contribution < 1.29 is 29.0 Å². The normalized spacial score (nSPS) is 11.5. The van der Waals surface area contributed by atoms with E-state index in [-0.39, 0.29) is 6.54 Å². The van der Waals surface area contributed by atoms with Gasteiger partial charge in [-0.25, -0.2) is 0 Å². The van der Waals surface area contributed by atoms with Crippen LogP contribution in [0, 0.1) is 0 Å². The average molecular weight is 417 g/mol. The number of carbonyl (C=O) groups excluding carboxylic acids is 2. The van der Waals surface area contributed by atoms with E-state index in [1.54, 1.807) is 36.4 Å². The van der Waals surface area contributed by atoms with E-state index >= 15 is 0 Å². The molecule has 0 aliphatic carbocycles. The summed E-state index contributed by atoms with van der Waals surface area (Å²) in [6.45, 7) is 2.89. The predicted molar refractivity (Wildman–Crippen MR) is 110 cm³/mol. The van der Waals surface area contributed by atoms with E-state index in [9.17, 15) is 19.5 Å². The summed E-state index contributed by atoms with van der Waals surface area (Å²) in [5, 5.41) is 12.5. The summed E-state index contributed by atoms with van der Waals surface area (Å²) in [4.78, 5) is 34.0. The lowest BCUT2D eigenvalue weighted by Gasteiger charge is -2.16. The molecule has 7 nitrogen and oxygen atoms in total. The van der Waals surface area contributed by atoms with Crippen LogP contribution in [0.25, 0.3) is 0 Å². The summed E-state index contributed by atoms with van der Waals surface area (Å²) in [5.41, 5.74) is 1.51. The standard InChI is InChI=1S/C21H23NO6S/c1-14(23)27-19-9-5-3-7-16(19)11-22-18(21(25)26)13-29-12-17-8-4-6-10-20(17)28-15(2)24/h3-10,18,22H,11-13H2,1-2H3,(H,25,26)/t18-/m0/s1. The summed E-state index contributed by atoms with van der Waals surface area (Å²) in [6, 6.07) is 13.3. The highest BCUT2D eigenvalue weighted by molar-refractivity contribution is 7.98. The number of hydrogen-bond donors (Lipinski definition) is 2. The van der Waals surface area contributed by atoms with Gasteiger partial charge in [0.2, 0.25) is 0 Å². The molecule has 0 fully saturated rings. The minimum absolute atomic E-state index is 0.241. The van der Waals surface area contributed by atoms with Crippen molar-refractivity contribution >= 4 is 29.7 Å². The molecule has 0 saturated carbocycles. The predicted octanol–water partition coefficient (Wildman–Crippen LogP) is 3.01. The van der Waals surface area contributed by atoms with Gasteiger partial charge in [0, 0.05) is 43.0 Å². The maximum absolute atomic E-state index is 11.6. The molecular weight excluding hydrogens is 394 g/mol. The lowest BCUT2D eigenvalue weighted by molar-refractivity contribution is -0.139. The van der Waals surface area contributed by atoms with Crippen LogP contribution >= 0.6 is 11.8 Å². The Labute approximate surface area is 173 Å². The number of ether oxygens (including phenoxy) is 2. The molecule has 0 aliphatic heterocycles. The van der Waals surface area contributed by atoms with Crippen LogP contribution in [0.15, 0.2) is 48.5 Å². The number of hydrogen-bond acceptors (Lipinski definition) is 7. The third-order valence-corrected chi connectivity index (χ3v) is 4.92. The van der Waals surface area contributed by atoms with E-state index in [1.807, 2.05) is 12.1 Å². The highest BCUT2D eigenvalue weighted by atomic mass is 32.2. The Hall–Kier alpha value is -2.84. The second-order valence-corrected chi connectivity index (χ2v) is 7.22. The first kappa shape index (κ1) is 22.4. The molecule has 2 aromatic rings. The number of aliphatic carboxylic acids is 1. The van der Waals surface area contributed by atoms with Gasteiger partial charge in [0.05, 0.1) is 0 Å². The van der Waals surface area contributed by atoms with Gasteiger partial charge in [-0.2, -0.15) is 11.8 Å². The van der Waals surface area contributed by atoms with Crippen LogP contribution < -0.4 is 14.8 Å². The van der Waals surface area contributed by atoms with E-state index < -0.39 is 23.9 Å². The molecule has 2 rings (SSSR count). The van der Waals surface area contributed by atoms with E-state index in [4.69, 9.17) is 9.47 Å². The highest BCUT2D eigenvalue weighted by Gasteiger charge is 2.18. The second-order valence-electron chi connectivity index (χ2n) is 6.19. The van der Waals surface area contributed by atoms with Gasteiger partial charge in [-0.15, -0.1) is 0 Å². The molecule has 0 unspecified atom stereocenters. The number of para-hydroxylation sites is 2.